The molecule has 0 atom stereocenters. The van der Waals surface area contributed by atoms with Crippen LogP contribution in [0.5, 0.6) is 11.5 Å². The van der Waals surface area contributed by atoms with Gasteiger partial charge in [-0.05, 0) is 62.9 Å². The zero-order valence-electron chi connectivity index (χ0n) is 19.3. The smallest absolute Gasteiger partial charge is 0.259 e. The molecule has 1 aliphatic rings. The molecule has 0 bridgehead atoms. The lowest BCUT2D eigenvalue weighted by atomic mass is 9.83. The van der Waals surface area contributed by atoms with Crippen LogP contribution in [0.3, 0.4) is 0 Å². The number of carbonyl (C=O) groups is 1. The van der Waals surface area contributed by atoms with Crippen LogP contribution in [0, 0.1) is 6.92 Å². The molecular weight excluding hydrogens is 398 g/mol. The highest BCUT2D eigenvalue weighted by Crippen LogP contribution is 2.51. The number of hydrogen-bond acceptors (Lipinski definition) is 3. The number of hydrogen-bond donors (Lipinski definition) is 2. The highest BCUT2D eigenvalue weighted by atomic mass is 16.5. The van der Waals surface area contributed by atoms with Crippen molar-refractivity contribution in [1.29, 1.82) is 0 Å². The van der Waals surface area contributed by atoms with Crippen LogP contribution < -0.4 is 10.1 Å². The van der Waals surface area contributed by atoms with Crippen molar-refractivity contribution in [3.63, 3.8) is 0 Å². The number of ether oxygens (including phenoxy) is 1. The first-order chi connectivity index (χ1) is 15.3. The second-order valence-corrected chi connectivity index (χ2v) is 9.07. The van der Waals surface area contributed by atoms with Gasteiger partial charge < -0.3 is 15.2 Å². The predicted octanol–water partition coefficient (Wildman–Crippen LogP) is 6.98. The topological polar surface area (TPSA) is 58.6 Å². The van der Waals surface area contributed by atoms with E-state index >= 15 is 0 Å². The van der Waals surface area contributed by atoms with Gasteiger partial charge in [-0.3, -0.25) is 4.79 Å². The number of aryl methyl sites for hydroxylation is 2. The van der Waals surface area contributed by atoms with E-state index in [-0.39, 0.29) is 11.7 Å². The highest BCUT2D eigenvalue weighted by Gasteiger charge is 2.36. The van der Waals surface area contributed by atoms with Crippen LogP contribution in [0.1, 0.15) is 67.1 Å². The van der Waals surface area contributed by atoms with E-state index in [0.29, 0.717) is 29.0 Å². The zero-order chi connectivity index (χ0) is 22.9. The number of anilines is 1. The van der Waals surface area contributed by atoms with Gasteiger partial charge in [-0.2, -0.15) is 0 Å². The van der Waals surface area contributed by atoms with E-state index in [2.05, 4.69) is 18.3 Å². The molecule has 0 aliphatic carbocycles. The van der Waals surface area contributed by atoms with E-state index in [1.165, 1.54) is 0 Å². The van der Waals surface area contributed by atoms with Gasteiger partial charge in [-0.15, -0.1) is 0 Å². The number of phenolic OH excluding ortho intramolecular Hbond substituents is 1. The summed E-state index contributed by atoms with van der Waals surface area (Å²) < 4.78 is 6.37. The van der Waals surface area contributed by atoms with Crippen molar-refractivity contribution in [3.05, 3.63) is 76.9 Å². The Morgan fingerprint density at radius 2 is 1.81 bits per heavy atom. The van der Waals surface area contributed by atoms with Gasteiger partial charge in [0.15, 0.2) is 0 Å². The van der Waals surface area contributed by atoms with E-state index < -0.39 is 5.60 Å². The number of benzene rings is 3. The molecule has 0 unspecified atom stereocenters. The number of aromatic hydroxyl groups is 1. The maximum atomic E-state index is 13.4. The van der Waals surface area contributed by atoms with Crippen LogP contribution in [0.15, 0.2) is 54.6 Å². The summed E-state index contributed by atoms with van der Waals surface area (Å²) in [5, 5.41) is 14.4. The summed E-state index contributed by atoms with van der Waals surface area (Å²) in [4.78, 5) is 13.4. The van der Waals surface area contributed by atoms with Crippen molar-refractivity contribution in [1.82, 2.24) is 0 Å². The number of nitrogens with one attached hydrogen (secondary N) is 1. The van der Waals surface area contributed by atoms with E-state index in [9.17, 15) is 9.90 Å². The summed E-state index contributed by atoms with van der Waals surface area (Å²) in [5.74, 6) is 0.320. The number of amides is 1. The van der Waals surface area contributed by atoms with E-state index in [1.807, 2.05) is 69.3 Å². The third-order valence-corrected chi connectivity index (χ3v) is 6.11. The van der Waals surface area contributed by atoms with Crippen LogP contribution in [0.25, 0.3) is 11.1 Å². The van der Waals surface area contributed by atoms with Crippen molar-refractivity contribution in [2.75, 3.05) is 5.32 Å². The standard InChI is InChI=1S/C28H31NO3/c1-5-6-8-11-19-17-23-25(21-16-18(2)14-15-22(21)28(3,4)32-23)26(30)24(19)27(31)29-20-12-9-7-10-13-20/h7,9-10,12-17,30H,5-6,8,11H2,1-4H3,(H,29,31). The molecule has 0 radical (unpaired) electrons. The lowest BCUT2D eigenvalue weighted by molar-refractivity contribution is 0.101. The molecule has 4 rings (SSSR count). The molecule has 1 amide bonds. The summed E-state index contributed by atoms with van der Waals surface area (Å²) in [6.45, 7) is 8.25. The normalized spacial score (nSPS) is 13.6. The lowest BCUT2D eigenvalue weighted by Gasteiger charge is -2.36. The fourth-order valence-electron chi connectivity index (χ4n) is 4.49. The fraction of sp³-hybridized carbons (Fsp3) is 0.321. The molecule has 4 heteroatoms. The molecule has 0 fully saturated rings. The number of carbonyl (C=O) groups excluding carboxylic acids is 1. The van der Waals surface area contributed by atoms with E-state index in [1.54, 1.807) is 0 Å². The molecule has 0 aromatic heterocycles. The Kier molecular flexibility index (Phi) is 5.96. The SMILES string of the molecule is CCCCCc1cc2c(c(O)c1C(=O)Nc1ccccc1)-c1cc(C)ccc1C(C)(C)O2. The predicted molar refractivity (Wildman–Crippen MR) is 130 cm³/mol. The third-order valence-electron chi connectivity index (χ3n) is 6.11. The van der Waals surface area contributed by atoms with Crippen LogP contribution in [-0.4, -0.2) is 11.0 Å². The van der Waals surface area contributed by atoms with Gasteiger partial charge in [-0.25, -0.2) is 0 Å². The number of para-hydroxylation sites is 1. The molecule has 0 saturated carbocycles. The zero-order valence-corrected chi connectivity index (χ0v) is 19.3. The van der Waals surface area contributed by atoms with Crippen LogP contribution in [0.4, 0.5) is 5.69 Å². The average molecular weight is 430 g/mol. The molecule has 3 aromatic rings. The molecule has 32 heavy (non-hydrogen) atoms. The van der Waals surface area contributed by atoms with Crippen LogP contribution in [-0.2, 0) is 12.0 Å². The summed E-state index contributed by atoms with van der Waals surface area (Å²) in [5.41, 5.74) is 4.92. The van der Waals surface area contributed by atoms with Gasteiger partial charge in [0, 0.05) is 11.3 Å². The molecule has 0 saturated heterocycles. The van der Waals surface area contributed by atoms with Crippen LogP contribution >= 0.6 is 0 Å². The largest absolute Gasteiger partial charge is 0.506 e. The first-order valence-corrected chi connectivity index (χ1v) is 11.4. The molecular formula is C28H31NO3. The van der Waals surface area contributed by atoms with E-state index in [0.717, 1.165) is 41.5 Å². The Hall–Kier alpha value is -3.27. The Labute approximate surface area is 190 Å². The Morgan fingerprint density at radius 1 is 1.06 bits per heavy atom. The van der Waals surface area contributed by atoms with Gasteiger partial charge in [0.1, 0.15) is 17.1 Å². The minimum atomic E-state index is -0.531. The summed E-state index contributed by atoms with van der Waals surface area (Å²) in [6, 6.07) is 17.5. The third kappa shape index (κ3) is 4.10. The lowest BCUT2D eigenvalue weighted by Crippen LogP contribution is -2.30. The molecule has 4 nitrogen and oxygen atoms in total. The maximum Gasteiger partial charge on any atom is 0.259 e. The number of phenols is 1. The summed E-state index contributed by atoms with van der Waals surface area (Å²) >= 11 is 0. The van der Waals surface area contributed by atoms with Gasteiger partial charge >= 0.3 is 0 Å². The highest BCUT2D eigenvalue weighted by molar-refractivity contribution is 6.09. The Bertz CT molecular complexity index is 1150. The minimum absolute atomic E-state index is 0.00946. The molecule has 1 aliphatic heterocycles. The Balaban J connectivity index is 1.87. The number of fused-ring (bicyclic) bond motifs is 3. The molecule has 2 N–H and O–H groups in total. The number of unbranched alkanes of at least 4 members (excludes halogenated alkanes) is 2. The summed E-state index contributed by atoms with van der Waals surface area (Å²) in [7, 11) is 0. The quantitative estimate of drug-likeness (QED) is 0.416. The average Bonchev–Trinajstić information content (AvgIpc) is 2.73. The van der Waals surface area contributed by atoms with Crippen molar-refractivity contribution in [2.24, 2.45) is 0 Å². The van der Waals surface area contributed by atoms with Gasteiger partial charge in [0.05, 0.1) is 11.1 Å². The van der Waals surface area contributed by atoms with Crippen molar-refractivity contribution in [3.8, 4) is 22.6 Å². The maximum absolute atomic E-state index is 13.4. The molecule has 3 aromatic carbocycles. The second kappa shape index (κ2) is 8.70. The summed E-state index contributed by atoms with van der Waals surface area (Å²) in [6.07, 6.45) is 3.79. The fourth-order valence-corrected chi connectivity index (χ4v) is 4.49. The molecule has 166 valence electrons. The number of rotatable bonds is 6. The van der Waals surface area contributed by atoms with Crippen molar-refractivity contribution >= 4 is 11.6 Å². The first kappa shape index (κ1) is 21.9. The van der Waals surface area contributed by atoms with E-state index in [4.69, 9.17) is 4.74 Å². The minimum Gasteiger partial charge on any atom is -0.506 e. The van der Waals surface area contributed by atoms with Gasteiger partial charge in [-0.1, -0.05) is 61.7 Å². The Morgan fingerprint density at radius 3 is 2.53 bits per heavy atom. The molecule has 1 heterocycles. The first-order valence-electron chi connectivity index (χ1n) is 11.4. The second-order valence-electron chi connectivity index (χ2n) is 9.07. The molecule has 0 spiro atoms. The monoisotopic (exact) mass is 429 g/mol. The van der Waals surface area contributed by atoms with Crippen molar-refractivity contribution in [2.45, 2.75) is 59.0 Å². The van der Waals surface area contributed by atoms with Crippen LogP contribution in [0.2, 0.25) is 0 Å². The van der Waals surface area contributed by atoms with Gasteiger partial charge in [0.25, 0.3) is 5.91 Å². The van der Waals surface area contributed by atoms with Crippen molar-refractivity contribution < 1.29 is 14.6 Å². The van der Waals surface area contributed by atoms with Gasteiger partial charge in [0.2, 0.25) is 0 Å².